The van der Waals surface area contributed by atoms with Crippen molar-refractivity contribution in [2.24, 2.45) is 7.05 Å². The molecule has 0 atom stereocenters. The first kappa shape index (κ1) is 12.5. The lowest BCUT2D eigenvalue weighted by Gasteiger charge is -2.03. The second-order valence-corrected chi connectivity index (χ2v) is 4.08. The molecule has 0 aliphatic heterocycles. The summed E-state index contributed by atoms with van der Waals surface area (Å²) in [6.07, 6.45) is 5.16. The highest BCUT2D eigenvalue weighted by Crippen LogP contribution is 2.14. The van der Waals surface area contributed by atoms with E-state index in [-0.39, 0.29) is 16.8 Å². The fourth-order valence-electron chi connectivity index (χ4n) is 1.52. The number of amides is 1. The van der Waals surface area contributed by atoms with Gasteiger partial charge in [0.1, 0.15) is 10.8 Å². The Kier molecular flexibility index (Phi) is 3.57. The highest BCUT2D eigenvalue weighted by molar-refractivity contribution is 6.29. The van der Waals surface area contributed by atoms with E-state index in [4.69, 9.17) is 11.6 Å². The molecule has 0 spiro atoms. The molecule has 0 aromatic carbocycles. The van der Waals surface area contributed by atoms with Crippen LogP contribution in [-0.4, -0.2) is 25.7 Å². The van der Waals surface area contributed by atoms with Crippen LogP contribution in [0.25, 0.3) is 0 Å². The van der Waals surface area contributed by atoms with Gasteiger partial charge in [0.25, 0.3) is 5.91 Å². The van der Waals surface area contributed by atoms with E-state index < -0.39 is 0 Å². The van der Waals surface area contributed by atoms with Crippen molar-refractivity contribution >= 4 is 23.2 Å². The van der Waals surface area contributed by atoms with Crippen molar-refractivity contribution in [3.8, 4) is 0 Å². The molecule has 2 rings (SSSR count). The monoisotopic (exact) mass is 265 g/mol. The molecule has 2 aromatic rings. The molecule has 7 heteroatoms. The molecule has 0 fully saturated rings. The lowest BCUT2D eigenvalue weighted by molar-refractivity contribution is 0.102. The molecule has 6 nitrogen and oxygen atoms in total. The van der Waals surface area contributed by atoms with Gasteiger partial charge < -0.3 is 5.32 Å². The summed E-state index contributed by atoms with van der Waals surface area (Å²) < 4.78 is 1.65. The minimum absolute atomic E-state index is 0.213. The molecule has 0 bridgehead atoms. The Labute approximate surface area is 109 Å². The smallest absolute Gasteiger partial charge is 0.275 e. The average molecular weight is 266 g/mol. The Hall–Kier alpha value is -1.95. The normalized spacial score (nSPS) is 10.4. The molecular weight excluding hydrogens is 254 g/mol. The molecule has 0 saturated carbocycles. The number of rotatable bonds is 3. The number of aryl methyl sites for hydroxylation is 2. The molecule has 0 saturated heterocycles. The second kappa shape index (κ2) is 5.14. The Morgan fingerprint density at radius 2 is 2.22 bits per heavy atom. The maximum Gasteiger partial charge on any atom is 0.275 e. The zero-order chi connectivity index (χ0) is 13.1. The number of hydrogen-bond acceptors (Lipinski definition) is 4. The first-order valence-electron chi connectivity index (χ1n) is 5.41. The minimum Gasteiger partial charge on any atom is -0.318 e. The molecule has 0 unspecified atom stereocenters. The molecule has 0 radical (unpaired) electrons. The topological polar surface area (TPSA) is 72.7 Å². The molecule has 2 aromatic heterocycles. The van der Waals surface area contributed by atoms with Crippen molar-refractivity contribution in [3.05, 3.63) is 35.1 Å². The fourth-order valence-corrected chi connectivity index (χ4v) is 1.61. The molecule has 18 heavy (non-hydrogen) atoms. The average Bonchev–Trinajstić information content (AvgIpc) is 2.70. The maximum atomic E-state index is 11.9. The molecule has 94 valence electrons. The number of carbonyl (C=O) groups is 1. The minimum atomic E-state index is -0.332. The van der Waals surface area contributed by atoms with Crippen molar-refractivity contribution in [2.75, 3.05) is 5.32 Å². The van der Waals surface area contributed by atoms with Gasteiger partial charge >= 0.3 is 0 Å². The molecule has 0 aliphatic rings. The van der Waals surface area contributed by atoms with Gasteiger partial charge in [0.15, 0.2) is 0 Å². The Morgan fingerprint density at radius 1 is 1.44 bits per heavy atom. The summed E-state index contributed by atoms with van der Waals surface area (Å²) >= 11 is 5.61. The number of hydrogen-bond donors (Lipinski definition) is 1. The highest BCUT2D eigenvalue weighted by Gasteiger charge is 2.12. The van der Waals surface area contributed by atoms with Gasteiger partial charge in [-0.25, -0.2) is 9.97 Å². The van der Waals surface area contributed by atoms with E-state index in [1.165, 1.54) is 12.4 Å². The van der Waals surface area contributed by atoms with E-state index in [9.17, 15) is 4.79 Å². The summed E-state index contributed by atoms with van der Waals surface area (Å²) in [6, 6.07) is 0. The van der Waals surface area contributed by atoms with Crippen LogP contribution < -0.4 is 5.32 Å². The van der Waals surface area contributed by atoms with Crippen LogP contribution in [0.4, 0.5) is 5.69 Å². The summed E-state index contributed by atoms with van der Waals surface area (Å²) in [5.74, 6) is -0.332. The van der Waals surface area contributed by atoms with E-state index in [1.54, 1.807) is 17.9 Å². The van der Waals surface area contributed by atoms with Crippen molar-refractivity contribution in [1.29, 1.82) is 0 Å². The number of carbonyl (C=O) groups excluding carboxylic acids is 1. The van der Waals surface area contributed by atoms with Crippen LogP contribution in [0.5, 0.6) is 0 Å². The van der Waals surface area contributed by atoms with Gasteiger partial charge in [-0.1, -0.05) is 18.5 Å². The first-order chi connectivity index (χ1) is 8.60. The molecule has 1 amide bonds. The van der Waals surface area contributed by atoms with Crippen molar-refractivity contribution in [1.82, 2.24) is 19.7 Å². The number of nitrogens with one attached hydrogen (secondary N) is 1. The van der Waals surface area contributed by atoms with Crippen molar-refractivity contribution in [2.45, 2.75) is 13.3 Å². The zero-order valence-corrected chi connectivity index (χ0v) is 10.8. The number of anilines is 1. The van der Waals surface area contributed by atoms with Crippen LogP contribution in [0.3, 0.4) is 0 Å². The second-order valence-electron chi connectivity index (χ2n) is 3.70. The van der Waals surface area contributed by atoms with E-state index >= 15 is 0 Å². The number of nitrogens with zero attached hydrogens (tertiary/aromatic N) is 4. The largest absolute Gasteiger partial charge is 0.318 e. The number of halogens is 1. The quantitative estimate of drug-likeness (QED) is 0.916. The zero-order valence-electron chi connectivity index (χ0n) is 10.0. The third kappa shape index (κ3) is 2.65. The van der Waals surface area contributed by atoms with Crippen LogP contribution in [0.2, 0.25) is 5.15 Å². The van der Waals surface area contributed by atoms with Crippen molar-refractivity contribution < 1.29 is 4.79 Å². The Balaban J connectivity index is 2.18. The third-order valence-corrected chi connectivity index (χ3v) is 2.54. The molecule has 0 aliphatic carbocycles. The lowest BCUT2D eigenvalue weighted by Crippen LogP contribution is -2.14. The third-order valence-electron chi connectivity index (χ3n) is 2.34. The van der Waals surface area contributed by atoms with Gasteiger partial charge in [0.2, 0.25) is 0 Å². The van der Waals surface area contributed by atoms with Gasteiger partial charge in [-0.15, -0.1) is 0 Å². The summed E-state index contributed by atoms with van der Waals surface area (Å²) in [5, 5.41) is 7.24. The van der Waals surface area contributed by atoms with Gasteiger partial charge in [-0.2, -0.15) is 5.10 Å². The van der Waals surface area contributed by atoms with E-state index in [2.05, 4.69) is 20.4 Å². The Bertz CT molecular complexity index is 563. The predicted octanol–water partition coefficient (Wildman–Crippen LogP) is 1.68. The molecule has 1 N–H and O–H groups in total. The lowest BCUT2D eigenvalue weighted by atomic mass is 10.3. The van der Waals surface area contributed by atoms with Gasteiger partial charge in [0, 0.05) is 13.2 Å². The molecule has 2 heterocycles. The van der Waals surface area contributed by atoms with Crippen LogP contribution in [0.15, 0.2) is 18.6 Å². The van der Waals surface area contributed by atoms with Gasteiger partial charge in [-0.05, 0) is 6.42 Å². The predicted molar refractivity (Wildman–Crippen MR) is 67.6 cm³/mol. The van der Waals surface area contributed by atoms with Gasteiger partial charge in [0.05, 0.1) is 23.8 Å². The first-order valence-corrected chi connectivity index (χ1v) is 5.79. The molecular formula is C11H12ClN5O. The SMILES string of the molecule is CCc1nn(C)cc1NC(=O)c1cnc(Cl)cn1. The number of aromatic nitrogens is 4. The summed E-state index contributed by atoms with van der Waals surface area (Å²) in [4.78, 5) is 19.6. The van der Waals surface area contributed by atoms with Crippen LogP contribution >= 0.6 is 11.6 Å². The van der Waals surface area contributed by atoms with E-state index in [0.29, 0.717) is 5.69 Å². The van der Waals surface area contributed by atoms with Crippen molar-refractivity contribution in [3.63, 3.8) is 0 Å². The standard InChI is InChI=1S/C11H12ClN5O/c1-3-7-9(6-17(2)16-7)15-11(18)8-4-14-10(12)5-13-8/h4-6H,3H2,1-2H3,(H,15,18). The van der Waals surface area contributed by atoms with Crippen LogP contribution in [-0.2, 0) is 13.5 Å². The van der Waals surface area contributed by atoms with E-state index in [0.717, 1.165) is 12.1 Å². The maximum absolute atomic E-state index is 11.9. The van der Waals surface area contributed by atoms with Crippen LogP contribution in [0, 0.1) is 0 Å². The summed E-state index contributed by atoms with van der Waals surface area (Å²) in [5.41, 5.74) is 1.72. The highest BCUT2D eigenvalue weighted by atomic mass is 35.5. The summed E-state index contributed by atoms with van der Waals surface area (Å²) in [6.45, 7) is 1.97. The fraction of sp³-hybridized carbons (Fsp3) is 0.273. The van der Waals surface area contributed by atoms with Gasteiger partial charge in [-0.3, -0.25) is 9.48 Å². The van der Waals surface area contributed by atoms with E-state index in [1.807, 2.05) is 6.92 Å². The Morgan fingerprint density at radius 3 is 2.83 bits per heavy atom. The van der Waals surface area contributed by atoms with Crippen LogP contribution in [0.1, 0.15) is 23.1 Å². The summed E-state index contributed by atoms with van der Waals surface area (Å²) in [7, 11) is 1.80.